The molecule has 2 atom stereocenters. The van der Waals surface area contributed by atoms with Gasteiger partial charge in [-0.25, -0.2) is 0 Å². The predicted molar refractivity (Wildman–Crippen MR) is 85.8 cm³/mol. The van der Waals surface area contributed by atoms with Gasteiger partial charge in [0, 0.05) is 38.8 Å². The molecule has 0 bridgehead atoms. The Morgan fingerprint density at radius 1 is 1.05 bits per heavy atom. The summed E-state index contributed by atoms with van der Waals surface area (Å²) in [6.45, 7) is 15.7. The Labute approximate surface area is 130 Å². The summed E-state index contributed by atoms with van der Waals surface area (Å²) in [5.74, 6) is 0. The molecule has 0 aromatic rings. The van der Waals surface area contributed by atoms with Gasteiger partial charge >= 0.3 is 0 Å². The van der Waals surface area contributed by atoms with Crippen molar-refractivity contribution in [3.05, 3.63) is 0 Å². The largest absolute Gasteiger partial charge is 0.382 e. The molecule has 0 spiro atoms. The number of nitrogens with zero attached hydrogens (tertiary/aromatic N) is 1. The zero-order chi connectivity index (χ0) is 15.7. The second kappa shape index (κ2) is 9.74. The van der Waals surface area contributed by atoms with Crippen molar-refractivity contribution in [2.24, 2.45) is 5.41 Å². The van der Waals surface area contributed by atoms with Crippen LogP contribution in [0.5, 0.6) is 0 Å². The molecule has 0 aliphatic carbocycles. The molecule has 0 aromatic carbocycles. The van der Waals surface area contributed by atoms with Crippen molar-refractivity contribution in [3.8, 4) is 0 Å². The molecular weight excluding hydrogens is 268 g/mol. The van der Waals surface area contributed by atoms with Gasteiger partial charge in [0.15, 0.2) is 0 Å². The van der Waals surface area contributed by atoms with Crippen LogP contribution in [0.2, 0.25) is 0 Å². The highest BCUT2D eigenvalue weighted by atomic mass is 16.5. The van der Waals surface area contributed by atoms with Gasteiger partial charge in [0.25, 0.3) is 0 Å². The van der Waals surface area contributed by atoms with Crippen molar-refractivity contribution in [1.29, 1.82) is 0 Å². The molecule has 5 nitrogen and oxygen atoms in total. The zero-order valence-corrected chi connectivity index (χ0v) is 14.5. The van der Waals surface area contributed by atoms with E-state index < -0.39 is 0 Å². The van der Waals surface area contributed by atoms with Gasteiger partial charge in [-0.1, -0.05) is 20.8 Å². The fourth-order valence-electron chi connectivity index (χ4n) is 2.46. The number of ether oxygens (including phenoxy) is 3. The lowest BCUT2D eigenvalue weighted by Gasteiger charge is -2.44. The van der Waals surface area contributed by atoms with Gasteiger partial charge < -0.3 is 19.5 Å². The first kappa shape index (κ1) is 18.8. The van der Waals surface area contributed by atoms with Gasteiger partial charge in [0.1, 0.15) is 0 Å². The van der Waals surface area contributed by atoms with Crippen LogP contribution < -0.4 is 5.32 Å². The molecule has 1 fully saturated rings. The summed E-state index contributed by atoms with van der Waals surface area (Å²) in [5, 5.41) is 3.65. The van der Waals surface area contributed by atoms with Gasteiger partial charge in [0.05, 0.1) is 33.0 Å². The molecule has 1 aliphatic rings. The van der Waals surface area contributed by atoms with E-state index in [2.05, 4.69) is 37.9 Å². The number of methoxy groups -OCH3 is 1. The third kappa shape index (κ3) is 7.56. The van der Waals surface area contributed by atoms with Gasteiger partial charge in [-0.05, 0) is 12.3 Å². The Balaban J connectivity index is 2.12. The Morgan fingerprint density at radius 2 is 1.67 bits per heavy atom. The topological polar surface area (TPSA) is 43.0 Å². The smallest absolute Gasteiger partial charge is 0.0701 e. The lowest BCUT2D eigenvalue weighted by Crippen LogP contribution is -2.59. The Morgan fingerprint density at radius 3 is 2.29 bits per heavy atom. The maximum atomic E-state index is 5.66. The van der Waals surface area contributed by atoms with E-state index in [9.17, 15) is 0 Å². The summed E-state index contributed by atoms with van der Waals surface area (Å²) >= 11 is 0. The number of rotatable bonds is 9. The molecule has 5 heteroatoms. The third-order valence-electron chi connectivity index (χ3n) is 4.07. The first-order chi connectivity index (χ1) is 9.95. The van der Waals surface area contributed by atoms with Crippen LogP contribution in [0.15, 0.2) is 0 Å². The first-order valence-electron chi connectivity index (χ1n) is 8.07. The SMILES string of the molecule is COCCOCCOCCN1CC(C(C)(C)C)NCC1C. The van der Waals surface area contributed by atoms with Crippen LogP contribution >= 0.6 is 0 Å². The molecule has 0 radical (unpaired) electrons. The summed E-state index contributed by atoms with van der Waals surface area (Å²) in [6.07, 6.45) is 0. The van der Waals surface area contributed by atoms with E-state index in [0.29, 0.717) is 43.9 Å². The lowest BCUT2D eigenvalue weighted by molar-refractivity contribution is 0.0101. The fraction of sp³-hybridized carbons (Fsp3) is 1.00. The summed E-state index contributed by atoms with van der Waals surface area (Å²) in [5.41, 5.74) is 0.300. The number of hydrogen-bond donors (Lipinski definition) is 1. The molecule has 1 aliphatic heterocycles. The van der Waals surface area contributed by atoms with E-state index in [1.165, 1.54) is 0 Å². The molecule has 0 amide bonds. The van der Waals surface area contributed by atoms with Gasteiger partial charge in [-0.2, -0.15) is 0 Å². The van der Waals surface area contributed by atoms with Gasteiger partial charge in [-0.3, -0.25) is 4.90 Å². The van der Waals surface area contributed by atoms with Crippen molar-refractivity contribution in [3.63, 3.8) is 0 Å². The quantitative estimate of drug-likeness (QED) is 0.652. The summed E-state index contributed by atoms with van der Waals surface area (Å²) in [7, 11) is 1.68. The molecule has 1 rings (SSSR count). The second-order valence-electron chi connectivity index (χ2n) is 6.89. The minimum Gasteiger partial charge on any atom is -0.382 e. The summed E-state index contributed by atoms with van der Waals surface area (Å²) in [4.78, 5) is 2.53. The van der Waals surface area contributed by atoms with Crippen LogP contribution in [0.4, 0.5) is 0 Å². The van der Waals surface area contributed by atoms with Crippen molar-refractivity contribution in [1.82, 2.24) is 10.2 Å². The van der Waals surface area contributed by atoms with E-state index in [1.54, 1.807) is 7.11 Å². The van der Waals surface area contributed by atoms with Crippen molar-refractivity contribution in [2.75, 3.05) is 59.8 Å². The molecule has 0 saturated carbocycles. The summed E-state index contributed by atoms with van der Waals surface area (Å²) in [6, 6.07) is 1.12. The van der Waals surface area contributed by atoms with E-state index in [0.717, 1.165) is 26.2 Å². The van der Waals surface area contributed by atoms with Gasteiger partial charge in [0.2, 0.25) is 0 Å². The monoisotopic (exact) mass is 302 g/mol. The number of hydrogen-bond acceptors (Lipinski definition) is 5. The molecule has 1 N–H and O–H groups in total. The van der Waals surface area contributed by atoms with E-state index in [4.69, 9.17) is 14.2 Å². The van der Waals surface area contributed by atoms with Crippen LogP contribution in [0, 0.1) is 5.41 Å². The predicted octanol–water partition coefficient (Wildman–Crippen LogP) is 1.37. The van der Waals surface area contributed by atoms with Crippen LogP contribution in [-0.4, -0.2) is 76.8 Å². The molecule has 1 saturated heterocycles. The van der Waals surface area contributed by atoms with Crippen LogP contribution in [0.1, 0.15) is 27.7 Å². The third-order valence-corrected chi connectivity index (χ3v) is 4.07. The second-order valence-corrected chi connectivity index (χ2v) is 6.89. The average Bonchev–Trinajstić information content (AvgIpc) is 2.42. The highest BCUT2D eigenvalue weighted by Gasteiger charge is 2.31. The minimum atomic E-state index is 0.300. The average molecular weight is 302 g/mol. The van der Waals surface area contributed by atoms with Crippen molar-refractivity contribution in [2.45, 2.75) is 39.8 Å². The lowest BCUT2D eigenvalue weighted by atomic mass is 9.85. The fourth-order valence-corrected chi connectivity index (χ4v) is 2.46. The van der Waals surface area contributed by atoms with E-state index >= 15 is 0 Å². The standard InChI is InChI=1S/C16H34N2O3/c1-14-12-17-15(16(2,3)4)13-18(14)6-7-20-10-11-21-9-8-19-5/h14-15,17H,6-13H2,1-5H3. The van der Waals surface area contributed by atoms with Crippen LogP contribution in [-0.2, 0) is 14.2 Å². The molecule has 2 unspecified atom stereocenters. The molecule has 0 aromatic heterocycles. The normalized spacial score (nSPS) is 24.4. The van der Waals surface area contributed by atoms with Crippen molar-refractivity contribution >= 4 is 0 Å². The minimum absolute atomic E-state index is 0.300. The first-order valence-corrected chi connectivity index (χ1v) is 8.07. The maximum absolute atomic E-state index is 5.66. The van der Waals surface area contributed by atoms with Crippen LogP contribution in [0.3, 0.4) is 0 Å². The zero-order valence-electron chi connectivity index (χ0n) is 14.5. The molecule has 1 heterocycles. The Hall–Kier alpha value is -0.200. The molecular formula is C16H34N2O3. The van der Waals surface area contributed by atoms with Crippen LogP contribution in [0.25, 0.3) is 0 Å². The Bertz CT molecular complexity index is 269. The molecule has 21 heavy (non-hydrogen) atoms. The highest BCUT2D eigenvalue weighted by molar-refractivity contribution is 4.90. The van der Waals surface area contributed by atoms with E-state index in [-0.39, 0.29) is 0 Å². The highest BCUT2D eigenvalue weighted by Crippen LogP contribution is 2.23. The van der Waals surface area contributed by atoms with E-state index in [1.807, 2.05) is 0 Å². The van der Waals surface area contributed by atoms with Gasteiger partial charge in [-0.15, -0.1) is 0 Å². The number of nitrogens with one attached hydrogen (secondary N) is 1. The van der Waals surface area contributed by atoms with Crippen molar-refractivity contribution < 1.29 is 14.2 Å². The molecule has 126 valence electrons. The Kier molecular flexibility index (Phi) is 8.74. The number of piperazine rings is 1. The summed E-state index contributed by atoms with van der Waals surface area (Å²) < 4.78 is 16.0. The maximum Gasteiger partial charge on any atom is 0.0701 e.